The SMILES string of the molecule is CC[C@H](C)[C@H](N)c1nc(-c2ccccc2)cs1. The maximum Gasteiger partial charge on any atom is 0.110 e. The first kappa shape index (κ1) is 12.3. The number of benzene rings is 1. The van der Waals surface area contributed by atoms with Crippen LogP contribution in [0.2, 0.25) is 0 Å². The van der Waals surface area contributed by atoms with Crippen LogP contribution in [0.3, 0.4) is 0 Å². The highest BCUT2D eigenvalue weighted by Crippen LogP contribution is 2.28. The minimum Gasteiger partial charge on any atom is -0.322 e. The second-order valence-electron chi connectivity index (χ2n) is 4.35. The van der Waals surface area contributed by atoms with Gasteiger partial charge in [-0.1, -0.05) is 50.6 Å². The van der Waals surface area contributed by atoms with Gasteiger partial charge in [-0.05, 0) is 5.92 Å². The van der Waals surface area contributed by atoms with E-state index in [9.17, 15) is 0 Å². The molecule has 0 unspecified atom stereocenters. The quantitative estimate of drug-likeness (QED) is 0.889. The lowest BCUT2D eigenvalue weighted by Crippen LogP contribution is -2.18. The second-order valence-corrected chi connectivity index (χ2v) is 5.24. The zero-order chi connectivity index (χ0) is 12.3. The van der Waals surface area contributed by atoms with Crippen molar-refractivity contribution in [3.05, 3.63) is 40.7 Å². The molecule has 1 aromatic heterocycles. The normalized spacial score (nSPS) is 14.5. The predicted octanol–water partition coefficient (Wildman–Crippen LogP) is 3.86. The number of aromatic nitrogens is 1. The van der Waals surface area contributed by atoms with E-state index >= 15 is 0 Å². The van der Waals surface area contributed by atoms with Crippen LogP contribution in [0, 0.1) is 5.92 Å². The maximum atomic E-state index is 6.19. The number of nitrogens with two attached hydrogens (primary N) is 1. The van der Waals surface area contributed by atoms with E-state index in [2.05, 4.69) is 36.3 Å². The van der Waals surface area contributed by atoms with Gasteiger partial charge in [-0.3, -0.25) is 0 Å². The smallest absolute Gasteiger partial charge is 0.110 e. The highest BCUT2D eigenvalue weighted by molar-refractivity contribution is 7.10. The molecule has 2 aromatic rings. The van der Waals surface area contributed by atoms with E-state index in [1.807, 2.05) is 18.2 Å². The summed E-state index contributed by atoms with van der Waals surface area (Å²) in [5.41, 5.74) is 8.38. The Labute approximate surface area is 107 Å². The second kappa shape index (κ2) is 5.43. The Morgan fingerprint density at radius 3 is 2.65 bits per heavy atom. The van der Waals surface area contributed by atoms with Crippen LogP contribution in [-0.2, 0) is 0 Å². The summed E-state index contributed by atoms with van der Waals surface area (Å²) in [7, 11) is 0. The minimum atomic E-state index is 0.0578. The number of nitrogens with zero attached hydrogens (tertiary/aromatic N) is 1. The molecule has 2 rings (SSSR count). The fourth-order valence-electron chi connectivity index (χ4n) is 1.68. The average Bonchev–Trinajstić information content (AvgIpc) is 2.87. The number of hydrogen-bond donors (Lipinski definition) is 1. The third-order valence-corrected chi connectivity index (χ3v) is 4.08. The van der Waals surface area contributed by atoms with Gasteiger partial charge >= 0.3 is 0 Å². The van der Waals surface area contributed by atoms with Crippen molar-refractivity contribution >= 4 is 11.3 Å². The summed E-state index contributed by atoms with van der Waals surface area (Å²) >= 11 is 1.66. The highest BCUT2D eigenvalue weighted by atomic mass is 32.1. The molecule has 0 amide bonds. The molecule has 0 spiro atoms. The molecule has 2 N–H and O–H groups in total. The van der Waals surface area contributed by atoms with Gasteiger partial charge in [0.05, 0.1) is 11.7 Å². The molecule has 1 heterocycles. The van der Waals surface area contributed by atoms with Crippen molar-refractivity contribution < 1.29 is 0 Å². The Hall–Kier alpha value is -1.19. The van der Waals surface area contributed by atoms with E-state index in [0.29, 0.717) is 5.92 Å². The van der Waals surface area contributed by atoms with Crippen molar-refractivity contribution in [3.8, 4) is 11.3 Å². The lowest BCUT2D eigenvalue weighted by atomic mass is 10.0. The van der Waals surface area contributed by atoms with Gasteiger partial charge in [0.2, 0.25) is 0 Å². The third kappa shape index (κ3) is 2.73. The van der Waals surface area contributed by atoms with Crippen LogP contribution in [0.25, 0.3) is 11.3 Å². The maximum absolute atomic E-state index is 6.19. The van der Waals surface area contributed by atoms with Crippen molar-refractivity contribution in [2.45, 2.75) is 26.3 Å². The molecule has 17 heavy (non-hydrogen) atoms. The first-order valence-electron chi connectivity index (χ1n) is 5.98. The van der Waals surface area contributed by atoms with E-state index in [0.717, 1.165) is 22.7 Å². The van der Waals surface area contributed by atoms with E-state index in [4.69, 9.17) is 5.73 Å². The molecular formula is C14H18N2S. The molecule has 2 atom stereocenters. The summed E-state index contributed by atoms with van der Waals surface area (Å²) in [4.78, 5) is 4.64. The van der Waals surface area contributed by atoms with E-state index < -0.39 is 0 Å². The summed E-state index contributed by atoms with van der Waals surface area (Å²) in [6.45, 7) is 4.34. The van der Waals surface area contributed by atoms with Crippen molar-refractivity contribution in [1.29, 1.82) is 0 Å². The Morgan fingerprint density at radius 2 is 2.00 bits per heavy atom. The predicted molar refractivity (Wildman–Crippen MR) is 73.9 cm³/mol. The molecule has 0 aliphatic heterocycles. The van der Waals surface area contributed by atoms with Crippen molar-refractivity contribution in [1.82, 2.24) is 4.98 Å². The molecule has 0 fully saturated rings. The fraction of sp³-hybridized carbons (Fsp3) is 0.357. The molecule has 0 saturated carbocycles. The molecule has 0 saturated heterocycles. The molecule has 2 nitrogen and oxygen atoms in total. The molecular weight excluding hydrogens is 228 g/mol. The summed E-state index contributed by atoms with van der Waals surface area (Å²) < 4.78 is 0. The van der Waals surface area contributed by atoms with E-state index in [1.54, 1.807) is 11.3 Å². The average molecular weight is 246 g/mol. The molecule has 90 valence electrons. The Kier molecular flexibility index (Phi) is 3.92. The Morgan fingerprint density at radius 1 is 1.29 bits per heavy atom. The number of hydrogen-bond acceptors (Lipinski definition) is 3. The Balaban J connectivity index is 2.22. The van der Waals surface area contributed by atoms with Crippen LogP contribution >= 0.6 is 11.3 Å². The summed E-state index contributed by atoms with van der Waals surface area (Å²) in [5.74, 6) is 0.477. The highest BCUT2D eigenvalue weighted by Gasteiger charge is 2.17. The standard InChI is InChI=1S/C14H18N2S/c1-3-10(2)13(15)14-16-12(9-17-14)11-7-5-4-6-8-11/h4-10,13H,3,15H2,1-2H3/t10-,13-/m0/s1. The lowest BCUT2D eigenvalue weighted by molar-refractivity contribution is 0.455. The lowest BCUT2D eigenvalue weighted by Gasteiger charge is -2.15. The third-order valence-electron chi connectivity index (χ3n) is 3.13. The first-order valence-corrected chi connectivity index (χ1v) is 6.86. The van der Waals surface area contributed by atoms with Crippen LogP contribution in [-0.4, -0.2) is 4.98 Å². The molecule has 1 aromatic carbocycles. The number of thiazole rings is 1. The van der Waals surface area contributed by atoms with Gasteiger partial charge in [-0.2, -0.15) is 0 Å². The first-order chi connectivity index (χ1) is 8.22. The monoisotopic (exact) mass is 246 g/mol. The van der Waals surface area contributed by atoms with Gasteiger partial charge in [0.1, 0.15) is 5.01 Å². The van der Waals surface area contributed by atoms with Crippen LogP contribution < -0.4 is 5.73 Å². The van der Waals surface area contributed by atoms with Gasteiger partial charge in [0.25, 0.3) is 0 Å². The van der Waals surface area contributed by atoms with E-state index in [1.165, 1.54) is 0 Å². The van der Waals surface area contributed by atoms with Gasteiger partial charge in [-0.25, -0.2) is 4.98 Å². The minimum absolute atomic E-state index is 0.0578. The van der Waals surface area contributed by atoms with Gasteiger partial charge < -0.3 is 5.73 Å². The molecule has 3 heteroatoms. The summed E-state index contributed by atoms with van der Waals surface area (Å²) in [5, 5.41) is 3.13. The van der Waals surface area contributed by atoms with Crippen LogP contribution in [0.4, 0.5) is 0 Å². The van der Waals surface area contributed by atoms with Crippen LogP contribution in [0.15, 0.2) is 35.7 Å². The molecule has 0 aliphatic carbocycles. The van der Waals surface area contributed by atoms with E-state index in [-0.39, 0.29) is 6.04 Å². The molecule has 0 radical (unpaired) electrons. The fourth-order valence-corrected chi connectivity index (χ4v) is 2.64. The van der Waals surface area contributed by atoms with Gasteiger partial charge in [0.15, 0.2) is 0 Å². The topological polar surface area (TPSA) is 38.9 Å². The largest absolute Gasteiger partial charge is 0.322 e. The van der Waals surface area contributed by atoms with Crippen molar-refractivity contribution in [2.75, 3.05) is 0 Å². The van der Waals surface area contributed by atoms with Crippen LogP contribution in [0.1, 0.15) is 31.3 Å². The molecule has 0 aliphatic rings. The number of rotatable bonds is 4. The van der Waals surface area contributed by atoms with Gasteiger partial charge in [0, 0.05) is 10.9 Å². The van der Waals surface area contributed by atoms with Crippen molar-refractivity contribution in [2.24, 2.45) is 11.7 Å². The Bertz CT molecular complexity index is 464. The summed E-state index contributed by atoms with van der Waals surface area (Å²) in [6, 6.07) is 10.3. The van der Waals surface area contributed by atoms with Gasteiger partial charge in [-0.15, -0.1) is 11.3 Å². The molecule has 0 bridgehead atoms. The zero-order valence-corrected chi connectivity index (χ0v) is 11.1. The van der Waals surface area contributed by atoms with Crippen molar-refractivity contribution in [3.63, 3.8) is 0 Å². The summed E-state index contributed by atoms with van der Waals surface area (Å²) in [6.07, 6.45) is 1.08. The zero-order valence-electron chi connectivity index (χ0n) is 10.3. The van der Waals surface area contributed by atoms with Crippen LogP contribution in [0.5, 0.6) is 0 Å².